The van der Waals surface area contributed by atoms with Crippen molar-refractivity contribution in [2.75, 3.05) is 13.1 Å². The molecule has 0 aromatic carbocycles. The molecule has 0 amide bonds. The minimum atomic E-state index is 0.921. The van der Waals surface area contributed by atoms with E-state index < -0.39 is 0 Å². The Hall–Kier alpha value is -0.300. The van der Waals surface area contributed by atoms with Gasteiger partial charge in [0.2, 0.25) is 0 Å². The first-order valence-electron chi connectivity index (χ1n) is 5.15. The average Bonchev–Trinajstić information content (AvgIpc) is 2.01. The van der Waals surface area contributed by atoms with Crippen molar-refractivity contribution in [2.45, 2.75) is 39.2 Å². The molecule has 1 aliphatic carbocycles. The van der Waals surface area contributed by atoms with Gasteiger partial charge in [-0.05, 0) is 32.1 Å². The molecule has 1 saturated carbocycles. The quantitative estimate of drug-likeness (QED) is 0.539. The molecule has 1 fully saturated rings. The van der Waals surface area contributed by atoms with E-state index >= 15 is 0 Å². The summed E-state index contributed by atoms with van der Waals surface area (Å²) in [6.45, 7) is 7.13. The standard InChI is InChI=1S/C11H19N/c1-9-3-5-12(6-4-9)11-7-10(2)8-11/h3,10-11H,4-8H2,1-2H3. The Bertz CT molecular complexity index is 189. The lowest BCUT2D eigenvalue weighted by atomic mass is 9.80. The van der Waals surface area contributed by atoms with Crippen LogP contribution >= 0.6 is 0 Å². The van der Waals surface area contributed by atoms with Crippen LogP contribution in [0.25, 0.3) is 0 Å². The van der Waals surface area contributed by atoms with Crippen molar-refractivity contribution < 1.29 is 0 Å². The van der Waals surface area contributed by atoms with Crippen LogP contribution in [-0.4, -0.2) is 24.0 Å². The highest BCUT2D eigenvalue weighted by Gasteiger charge is 2.30. The molecule has 0 unspecified atom stereocenters. The van der Waals surface area contributed by atoms with Crippen molar-refractivity contribution in [1.82, 2.24) is 4.90 Å². The van der Waals surface area contributed by atoms with E-state index in [2.05, 4.69) is 24.8 Å². The Balaban J connectivity index is 1.83. The third-order valence-corrected chi connectivity index (χ3v) is 3.33. The Kier molecular flexibility index (Phi) is 2.22. The molecule has 0 saturated heterocycles. The van der Waals surface area contributed by atoms with Crippen LogP contribution in [0, 0.1) is 5.92 Å². The third kappa shape index (κ3) is 1.56. The van der Waals surface area contributed by atoms with E-state index in [1.165, 1.54) is 32.4 Å². The van der Waals surface area contributed by atoms with Crippen LogP contribution in [0.4, 0.5) is 0 Å². The molecule has 2 aliphatic rings. The molecule has 68 valence electrons. The number of hydrogen-bond acceptors (Lipinski definition) is 1. The van der Waals surface area contributed by atoms with Crippen LogP contribution < -0.4 is 0 Å². The van der Waals surface area contributed by atoms with Crippen LogP contribution in [0.2, 0.25) is 0 Å². The largest absolute Gasteiger partial charge is 0.296 e. The van der Waals surface area contributed by atoms with Crippen LogP contribution in [0.3, 0.4) is 0 Å². The van der Waals surface area contributed by atoms with Crippen LogP contribution in [0.15, 0.2) is 11.6 Å². The van der Waals surface area contributed by atoms with Crippen LogP contribution in [0.1, 0.15) is 33.1 Å². The van der Waals surface area contributed by atoms with E-state index in [1.54, 1.807) is 5.57 Å². The van der Waals surface area contributed by atoms with E-state index in [-0.39, 0.29) is 0 Å². The van der Waals surface area contributed by atoms with Gasteiger partial charge in [0.15, 0.2) is 0 Å². The zero-order chi connectivity index (χ0) is 8.55. The molecule has 0 atom stereocenters. The first kappa shape index (κ1) is 8.31. The van der Waals surface area contributed by atoms with Gasteiger partial charge >= 0.3 is 0 Å². The molecule has 0 spiro atoms. The Morgan fingerprint density at radius 2 is 2.17 bits per heavy atom. The van der Waals surface area contributed by atoms with Gasteiger partial charge in [0.1, 0.15) is 0 Å². The van der Waals surface area contributed by atoms with Gasteiger partial charge in [-0.15, -0.1) is 0 Å². The monoisotopic (exact) mass is 165 g/mol. The normalized spacial score (nSPS) is 37.3. The van der Waals surface area contributed by atoms with Crippen molar-refractivity contribution >= 4 is 0 Å². The van der Waals surface area contributed by atoms with E-state index in [1.807, 2.05) is 0 Å². The molecule has 12 heavy (non-hydrogen) atoms. The fraction of sp³-hybridized carbons (Fsp3) is 0.818. The Labute approximate surface area is 75.4 Å². The predicted octanol–water partition coefficient (Wildman–Crippen LogP) is 2.44. The molecular formula is C11H19N. The SMILES string of the molecule is CC1=CCN(C2CC(C)C2)CC1. The van der Waals surface area contributed by atoms with E-state index in [9.17, 15) is 0 Å². The van der Waals surface area contributed by atoms with Gasteiger partial charge < -0.3 is 0 Å². The molecule has 1 aliphatic heterocycles. The second-order valence-electron chi connectivity index (χ2n) is 4.53. The highest BCUT2D eigenvalue weighted by atomic mass is 15.2. The summed E-state index contributed by atoms with van der Waals surface area (Å²) in [6.07, 6.45) is 6.57. The summed E-state index contributed by atoms with van der Waals surface area (Å²) in [5.41, 5.74) is 1.58. The highest BCUT2D eigenvalue weighted by molar-refractivity contribution is 5.05. The van der Waals surface area contributed by atoms with Crippen molar-refractivity contribution in [3.05, 3.63) is 11.6 Å². The molecule has 0 bridgehead atoms. The molecular weight excluding hydrogens is 146 g/mol. The second-order valence-corrected chi connectivity index (χ2v) is 4.53. The van der Waals surface area contributed by atoms with Crippen LogP contribution in [-0.2, 0) is 0 Å². The number of rotatable bonds is 1. The minimum Gasteiger partial charge on any atom is -0.296 e. The summed E-state index contributed by atoms with van der Waals surface area (Å²) >= 11 is 0. The van der Waals surface area contributed by atoms with Gasteiger partial charge in [-0.25, -0.2) is 0 Å². The summed E-state index contributed by atoms with van der Waals surface area (Å²) in [4.78, 5) is 2.65. The molecule has 0 radical (unpaired) electrons. The summed E-state index contributed by atoms with van der Waals surface area (Å²) in [5.74, 6) is 0.988. The summed E-state index contributed by atoms with van der Waals surface area (Å²) < 4.78 is 0. The molecule has 0 aromatic heterocycles. The van der Waals surface area contributed by atoms with Gasteiger partial charge in [0.25, 0.3) is 0 Å². The highest BCUT2D eigenvalue weighted by Crippen LogP contribution is 2.32. The molecule has 1 heterocycles. The van der Waals surface area contributed by atoms with Crippen LogP contribution in [0.5, 0.6) is 0 Å². The van der Waals surface area contributed by atoms with E-state index in [0.29, 0.717) is 0 Å². The molecule has 2 rings (SSSR count). The van der Waals surface area contributed by atoms with Crippen molar-refractivity contribution in [2.24, 2.45) is 5.92 Å². The minimum absolute atomic E-state index is 0.921. The first-order valence-corrected chi connectivity index (χ1v) is 5.15. The summed E-state index contributed by atoms with van der Waals surface area (Å²) in [7, 11) is 0. The van der Waals surface area contributed by atoms with Gasteiger partial charge in [0.05, 0.1) is 0 Å². The van der Waals surface area contributed by atoms with Gasteiger partial charge in [-0.2, -0.15) is 0 Å². The lowest BCUT2D eigenvalue weighted by Gasteiger charge is -2.42. The van der Waals surface area contributed by atoms with Gasteiger partial charge in [0, 0.05) is 19.1 Å². The fourth-order valence-corrected chi connectivity index (χ4v) is 2.28. The molecule has 1 nitrogen and oxygen atoms in total. The zero-order valence-electron chi connectivity index (χ0n) is 8.21. The lowest BCUT2D eigenvalue weighted by Crippen LogP contribution is -2.45. The smallest absolute Gasteiger partial charge is 0.0168 e. The maximum atomic E-state index is 2.65. The maximum Gasteiger partial charge on any atom is 0.0168 e. The number of hydrogen-bond donors (Lipinski definition) is 0. The predicted molar refractivity (Wildman–Crippen MR) is 52.1 cm³/mol. The molecule has 0 aromatic rings. The summed E-state index contributed by atoms with van der Waals surface area (Å²) in [5, 5.41) is 0. The van der Waals surface area contributed by atoms with Crippen molar-refractivity contribution in [3.63, 3.8) is 0 Å². The van der Waals surface area contributed by atoms with Crippen molar-refractivity contribution in [3.8, 4) is 0 Å². The summed E-state index contributed by atoms with van der Waals surface area (Å²) in [6, 6.07) is 0.921. The third-order valence-electron chi connectivity index (χ3n) is 3.33. The fourth-order valence-electron chi connectivity index (χ4n) is 2.28. The Morgan fingerprint density at radius 3 is 2.67 bits per heavy atom. The zero-order valence-corrected chi connectivity index (χ0v) is 8.21. The van der Waals surface area contributed by atoms with Crippen molar-refractivity contribution in [1.29, 1.82) is 0 Å². The van der Waals surface area contributed by atoms with Gasteiger partial charge in [-0.1, -0.05) is 18.6 Å². The molecule has 1 heteroatoms. The lowest BCUT2D eigenvalue weighted by molar-refractivity contribution is 0.0940. The van der Waals surface area contributed by atoms with E-state index in [4.69, 9.17) is 0 Å². The maximum absolute atomic E-state index is 2.65. The first-order chi connectivity index (χ1) is 5.75. The van der Waals surface area contributed by atoms with Gasteiger partial charge in [-0.3, -0.25) is 4.90 Å². The number of nitrogens with zero attached hydrogens (tertiary/aromatic N) is 1. The Morgan fingerprint density at radius 1 is 1.42 bits per heavy atom. The second kappa shape index (κ2) is 3.21. The topological polar surface area (TPSA) is 3.24 Å². The van der Waals surface area contributed by atoms with E-state index in [0.717, 1.165) is 12.0 Å². The average molecular weight is 165 g/mol. The molecule has 0 N–H and O–H groups in total.